The number of rotatable bonds is 7. The predicted octanol–water partition coefficient (Wildman–Crippen LogP) is 5.71. The van der Waals surface area contributed by atoms with E-state index in [9.17, 15) is 4.79 Å². The summed E-state index contributed by atoms with van der Waals surface area (Å²) in [4.78, 5) is 13.4. The molecule has 1 N–H and O–H groups in total. The molecule has 0 aliphatic carbocycles. The van der Waals surface area contributed by atoms with Crippen LogP contribution in [0.5, 0.6) is 0 Å². The Morgan fingerprint density at radius 1 is 1.19 bits per heavy atom. The minimum atomic E-state index is -0.190. The van der Waals surface area contributed by atoms with E-state index in [1.807, 2.05) is 6.07 Å². The van der Waals surface area contributed by atoms with Gasteiger partial charge in [-0.3, -0.25) is 4.79 Å². The molecule has 1 heterocycles. The summed E-state index contributed by atoms with van der Waals surface area (Å²) in [7, 11) is 0. The number of thioether (sulfide) groups is 1. The summed E-state index contributed by atoms with van der Waals surface area (Å²) in [5.74, 6) is 0.341. The van der Waals surface area contributed by atoms with Crippen molar-refractivity contribution in [2.75, 3.05) is 6.54 Å². The quantitative estimate of drug-likeness (QED) is 0.412. The molecule has 138 valence electrons. The minimum Gasteiger partial charge on any atom is -0.342 e. The Kier molecular flexibility index (Phi) is 6.54. The van der Waals surface area contributed by atoms with Crippen LogP contribution >= 0.6 is 23.1 Å². The molecule has 5 heteroatoms. The summed E-state index contributed by atoms with van der Waals surface area (Å²) in [6, 6.07) is 18.9. The molecule has 1 aromatic heterocycles. The third-order valence-electron chi connectivity index (χ3n) is 4.24. The average Bonchev–Trinajstić information content (AvgIpc) is 3.14. The molecule has 0 bridgehead atoms. The molecule has 1 unspecified atom stereocenters. The highest BCUT2D eigenvalue weighted by molar-refractivity contribution is 8.00. The van der Waals surface area contributed by atoms with Gasteiger partial charge in [0.1, 0.15) is 6.54 Å². The summed E-state index contributed by atoms with van der Waals surface area (Å²) in [5, 5.41) is 14.6. The lowest BCUT2D eigenvalue weighted by molar-refractivity contribution is -0.120. The molecule has 1 atom stereocenters. The number of hydrogen-bond acceptors (Lipinski definition) is 4. The maximum absolute atomic E-state index is 12.4. The van der Waals surface area contributed by atoms with Crippen LogP contribution < -0.4 is 5.32 Å². The molecule has 27 heavy (non-hydrogen) atoms. The summed E-state index contributed by atoms with van der Waals surface area (Å²) in [5.41, 5.74) is 2.42. The van der Waals surface area contributed by atoms with E-state index in [0.717, 1.165) is 11.3 Å². The number of nitriles is 1. The van der Waals surface area contributed by atoms with Gasteiger partial charge in [-0.1, -0.05) is 44.2 Å². The van der Waals surface area contributed by atoms with E-state index >= 15 is 0 Å². The van der Waals surface area contributed by atoms with Gasteiger partial charge in [0.05, 0.1) is 11.3 Å². The molecule has 3 aromatic rings. The molecule has 0 aliphatic heterocycles. The number of amides is 1. The van der Waals surface area contributed by atoms with Crippen LogP contribution in [0.4, 0.5) is 0 Å². The fourth-order valence-corrected chi connectivity index (χ4v) is 5.20. The van der Waals surface area contributed by atoms with Crippen molar-refractivity contribution in [1.82, 2.24) is 5.32 Å². The normalized spacial score (nSPS) is 12.1. The van der Waals surface area contributed by atoms with Crippen LogP contribution in [0.15, 0.2) is 58.8 Å². The van der Waals surface area contributed by atoms with Gasteiger partial charge < -0.3 is 5.32 Å². The summed E-state index contributed by atoms with van der Waals surface area (Å²) >= 11 is 3.32. The average molecular weight is 395 g/mol. The zero-order valence-electron chi connectivity index (χ0n) is 15.4. The van der Waals surface area contributed by atoms with Crippen molar-refractivity contribution in [2.24, 2.45) is 5.92 Å². The Morgan fingerprint density at radius 2 is 1.96 bits per heavy atom. The third kappa shape index (κ3) is 4.91. The van der Waals surface area contributed by atoms with Gasteiger partial charge in [0.25, 0.3) is 0 Å². The Bertz CT molecular complexity index is 954. The molecular weight excluding hydrogens is 372 g/mol. The van der Waals surface area contributed by atoms with Gasteiger partial charge in [-0.25, -0.2) is 0 Å². The molecule has 2 aromatic carbocycles. The SMILES string of the molecule is CC(C)CC(Sc1ccc(-c2cccc3ccsc23)cc1)C(=O)NCC#N. The van der Waals surface area contributed by atoms with Crippen molar-refractivity contribution in [3.63, 3.8) is 0 Å². The molecule has 3 rings (SSSR count). The van der Waals surface area contributed by atoms with E-state index in [2.05, 4.69) is 73.1 Å². The first kappa shape index (κ1) is 19.5. The molecule has 0 spiro atoms. The third-order valence-corrected chi connectivity index (χ3v) is 6.44. The van der Waals surface area contributed by atoms with Crippen molar-refractivity contribution in [3.05, 3.63) is 53.9 Å². The second kappa shape index (κ2) is 9.07. The van der Waals surface area contributed by atoms with E-state index in [1.54, 1.807) is 23.1 Å². The van der Waals surface area contributed by atoms with E-state index in [4.69, 9.17) is 5.26 Å². The Morgan fingerprint density at radius 3 is 2.67 bits per heavy atom. The number of carbonyl (C=O) groups is 1. The van der Waals surface area contributed by atoms with Crippen LogP contribution in [0.2, 0.25) is 0 Å². The minimum absolute atomic E-state index is 0.0533. The van der Waals surface area contributed by atoms with Gasteiger partial charge in [-0.15, -0.1) is 23.1 Å². The fourth-order valence-electron chi connectivity index (χ4n) is 2.97. The van der Waals surface area contributed by atoms with Crippen LogP contribution in [-0.2, 0) is 4.79 Å². The first-order chi connectivity index (χ1) is 13.1. The second-order valence-electron chi connectivity index (χ2n) is 6.78. The lowest BCUT2D eigenvalue weighted by atomic mass is 10.0. The largest absolute Gasteiger partial charge is 0.342 e. The van der Waals surface area contributed by atoms with Gasteiger partial charge in [0.15, 0.2) is 0 Å². The van der Waals surface area contributed by atoms with Gasteiger partial charge in [0, 0.05) is 9.60 Å². The van der Waals surface area contributed by atoms with Crippen LogP contribution in [-0.4, -0.2) is 17.7 Å². The number of nitrogens with one attached hydrogen (secondary N) is 1. The molecule has 1 amide bonds. The van der Waals surface area contributed by atoms with Gasteiger partial charge >= 0.3 is 0 Å². The van der Waals surface area contributed by atoms with Crippen molar-refractivity contribution >= 4 is 39.1 Å². The first-order valence-electron chi connectivity index (χ1n) is 8.96. The molecule has 0 fully saturated rings. The summed E-state index contributed by atoms with van der Waals surface area (Å²) < 4.78 is 1.30. The second-order valence-corrected chi connectivity index (χ2v) is 8.97. The van der Waals surface area contributed by atoms with Crippen LogP contribution in [0.25, 0.3) is 21.2 Å². The maximum Gasteiger partial charge on any atom is 0.234 e. The molecule has 0 saturated heterocycles. The smallest absolute Gasteiger partial charge is 0.234 e. The number of fused-ring (bicyclic) bond motifs is 1. The van der Waals surface area contributed by atoms with Gasteiger partial charge in [-0.2, -0.15) is 5.26 Å². The number of carbonyl (C=O) groups excluding carboxylic acids is 1. The van der Waals surface area contributed by atoms with Crippen LogP contribution in [0.3, 0.4) is 0 Å². The highest BCUT2D eigenvalue weighted by Gasteiger charge is 2.21. The highest BCUT2D eigenvalue weighted by atomic mass is 32.2. The molecular formula is C22H22N2OS2. The number of benzene rings is 2. The monoisotopic (exact) mass is 394 g/mol. The standard InChI is InChI=1S/C22H22N2OS2/c1-15(2)14-20(22(25)24-12-11-23)27-18-8-6-16(7-9-18)19-5-3-4-17-10-13-26-21(17)19/h3-10,13,15,20H,12,14H2,1-2H3,(H,24,25). The van der Waals surface area contributed by atoms with E-state index in [-0.39, 0.29) is 17.7 Å². The summed E-state index contributed by atoms with van der Waals surface area (Å²) in [6.45, 7) is 4.27. The van der Waals surface area contributed by atoms with Gasteiger partial charge in [-0.05, 0) is 52.4 Å². The Hall–Kier alpha value is -2.29. The van der Waals surface area contributed by atoms with Crippen molar-refractivity contribution in [3.8, 4) is 17.2 Å². The molecule has 0 saturated carbocycles. The van der Waals surface area contributed by atoms with Crippen molar-refractivity contribution < 1.29 is 4.79 Å². The van der Waals surface area contributed by atoms with Crippen LogP contribution in [0.1, 0.15) is 20.3 Å². The maximum atomic E-state index is 12.4. The van der Waals surface area contributed by atoms with Crippen LogP contribution in [0, 0.1) is 17.2 Å². The zero-order chi connectivity index (χ0) is 19.2. The fraction of sp³-hybridized carbons (Fsp3) is 0.273. The number of hydrogen-bond donors (Lipinski definition) is 1. The Labute approximate surface area is 168 Å². The molecule has 0 aliphatic rings. The number of nitrogens with zero attached hydrogens (tertiary/aromatic N) is 1. The molecule has 0 radical (unpaired) electrons. The van der Waals surface area contributed by atoms with Crippen molar-refractivity contribution in [1.29, 1.82) is 5.26 Å². The van der Waals surface area contributed by atoms with Crippen molar-refractivity contribution in [2.45, 2.75) is 30.4 Å². The van der Waals surface area contributed by atoms with E-state index in [1.165, 1.54) is 21.2 Å². The van der Waals surface area contributed by atoms with Gasteiger partial charge in [0.2, 0.25) is 5.91 Å². The summed E-state index contributed by atoms with van der Waals surface area (Å²) in [6.07, 6.45) is 0.776. The van der Waals surface area contributed by atoms with E-state index in [0.29, 0.717) is 5.92 Å². The zero-order valence-corrected chi connectivity index (χ0v) is 17.1. The lowest BCUT2D eigenvalue weighted by Gasteiger charge is -2.17. The lowest BCUT2D eigenvalue weighted by Crippen LogP contribution is -2.33. The number of thiophene rings is 1. The highest BCUT2D eigenvalue weighted by Crippen LogP contribution is 2.34. The first-order valence-corrected chi connectivity index (χ1v) is 10.7. The Balaban J connectivity index is 1.78. The molecule has 3 nitrogen and oxygen atoms in total. The predicted molar refractivity (Wildman–Crippen MR) is 115 cm³/mol. The topological polar surface area (TPSA) is 52.9 Å². The van der Waals surface area contributed by atoms with E-state index < -0.39 is 0 Å².